The molecule has 2 rings (SSSR count). The summed E-state index contributed by atoms with van der Waals surface area (Å²) in [6.45, 7) is 16.7. The molecule has 0 aliphatic heterocycles. The van der Waals surface area contributed by atoms with E-state index in [2.05, 4.69) is 47.7 Å². The average Bonchev–Trinajstić information content (AvgIpc) is 2.73. The Morgan fingerprint density at radius 1 is 1.26 bits per heavy atom. The summed E-state index contributed by atoms with van der Waals surface area (Å²) in [6.07, 6.45) is 1.12. The van der Waals surface area contributed by atoms with Gasteiger partial charge in [0.15, 0.2) is 8.32 Å². The number of hydrogen-bond acceptors (Lipinski definition) is 2. The van der Waals surface area contributed by atoms with E-state index in [0.29, 0.717) is 35.4 Å². The fourth-order valence-corrected chi connectivity index (χ4v) is 4.73. The van der Waals surface area contributed by atoms with Crippen LogP contribution in [0.2, 0.25) is 18.1 Å². The SMILES string of the molecule is C[C@H]1[C@H]2C[C@H](C(=O)[C@@H]2C)[C@H]1CO[Si](C)(C)C(C)(C)C. The van der Waals surface area contributed by atoms with Gasteiger partial charge in [-0.25, -0.2) is 0 Å². The third-order valence-corrected chi connectivity index (χ3v) is 10.8. The number of carbonyl (C=O) groups is 1. The Labute approximate surface area is 119 Å². The lowest BCUT2D eigenvalue weighted by atomic mass is 9.75. The zero-order chi connectivity index (χ0) is 14.6. The van der Waals surface area contributed by atoms with Crippen molar-refractivity contribution >= 4 is 14.1 Å². The quantitative estimate of drug-likeness (QED) is 0.728. The fraction of sp³-hybridized carbons (Fsp3) is 0.938. The van der Waals surface area contributed by atoms with Crippen LogP contribution in [0.3, 0.4) is 0 Å². The zero-order valence-corrected chi connectivity index (χ0v) is 14.6. The molecule has 0 aromatic carbocycles. The Balaban J connectivity index is 2.01. The van der Waals surface area contributed by atoms with Crippen molar-refractivity contribution in [3.63, 3.8) is 0 Å². The van der Waals surface area contributed by atoms with Crippen LogP contribution in [0.5, 0.6) is 0 Å². The second-order valence-electron chi connectivity index (χ2n) is 8.29. The third-order valence-electron chi connectivity index (χ3n) is 6.29. The molecule has 0 aromatic rings. The van der Waals surface area contributed by atoms with Crippen LogP contribution in [0.4, 0.5) is 0 Å². The van der Waals surface area contributed by atoms with Crippen LogP contribution in [0.15, 0.2) is 0 Å². The second kappa shape index (κ2) is 4.69. The summed E-state index contributed by atoms with van der Waals surface area (Å²) in [7, 11) is -1.68. The average molecular weight is 282 g/mol. The Morgan fingerprint density at radius 2 is 1.84 bits per heavy atom. The molecule has 2 aliphatic rings. The maximum absolute atomic E-state index is 12.2. The first kappa shape index (κ1) is 15.2. The Hall–Kier alpha value is -0.153. The van der Waals surface area contributed by atoms with Gasteiger partial charge in [0.1, 0.15) is 5.78 Å². The van der Waals surface area contributed by atoms with Crippen molar-refractivity contribution in [1.29, 1.82) is 0 Å². The van der Waals surface area contributed by atoms with Crippen LogP contribution < -0.4 is 0 Å². The number of hydrogen-bond donors (Lipinski definition) is 0. The predicted octanol–water partition coefficient (Wildman–Crippen LogP) is 4.12. The van der Waals surface area contributed by atoms with E-state index in [4.69, 9.17) is 4.43 Å². The molecule has 2 bridgehead atoms. The molecule has 0 radical (unpaired) electrons. The van der Waals surface area contributed by atoms with Gasteiger partial charge in [0.25, 0.3) is 0 Å². The summed E-state index contributed by atoms with van der Waals surface area (Å²) >= 11 is 0. The highest BCUT2D eigenvalue weighted by atomic mass is 28.4. The lowest BCUT2D eigenvalue weighted by Gasteiger charge is -2.39. The summed E-state index contributed by atoms with van der Waals surface area (Å²) in [6, 6.07) is 0. The monoisotopic (exact) mass is 282 g/mol. The van der Waals surface area contributed by atoms with E-state index >= 15 is 0 Å². The lowest BCUT2D eigenvalue weighted by Crippen LogP contribution is -2.44. The summed E-state index contributed by atoms with van der Waals surface area (Å²) in [5.41, 5.74) is 0. The van der Waals surface area contributed by atoms with Gasteiger partial charge in [0.05, 0.1) is 0 Å². The molecular formula is C16H30O2Si. The van der Waals surface area contributed by atoms with Gasteiger partial charge >= 0.3 is 0 Å². The molecule has 19 heavy (non-hydrogen) atoms. The summed E-state index contributed by atoms with van der Waals surface area (Å²) in [5, 5.41) is 0.255. The van der Waals surface area contributed by atoms with E-state index in [1.807, 2.05) is 0 Å². The summed E-state index contributed by atoms with van der Waals surface area (Å²) in [5.74, 6) is 2.84. The van der Waals surface area contributed by atoms with E-state index in [-0.39, 0.29) is 5.04 Å². The topological polar surface area (TPSA) is 26.3 Å². The molecule has 5 atom stereocenters. The molecule has 0 amide bonds. The molecule has 0 saturated heterocycles. The maximum atomic E-state index is 12.2. The van der Waals surface area contributed by atoms with Gasteiger partial charge in [-0.1, -0.05) is 34.6 Å². The second-order valence-corrected chi connectivity index (χ2v) is 13.1. The highest BCUT2D eigenvalue weighted by Gasteiger charge is 2.54. The zero-order valence-electron chi connectivity index (χ0n) is 13.6. The molecule has 0 spiro atoms. The molecule has 2 nitrogen and oxygen atoms in total. The molecule has 0 N–H and O–H groups in total. The van der Waals surface area contributed by atoms with Crippen LogP contribution in [0, 0.1) is 29.6 Å². The van der Waals surface area contributed by atoms with Crippen molar-refractivity contribution in [2.45, 2.75) is 59.2 Å². The van der Waals surface area contributed by atoms with Gasteiger partial charge in [-0.3, -0.25) is 4.79 Å². The third kappa shape index (κ3) is 2.44. The number of ketones is 1. The minimum Gasteiger partial charge on any atom is -0.417 e. The number of rotatable bonds is 3. The molecule has 2 saturated carbocycles. The predicted molar refractivity (Wildman–Crippen MR) is 81.6 cm³/mol. The van der Waals surface area contributed by atoms with E-state index in [1.165, 1.54) is 0 Å². The Bertz CT molecular complexity index is 369. The van der Waals surface area contributed by atoms with Crippen molar-refractivity contribution in [1.82, 2.24) is 0 Å². The number of carbonyl (C=O) groups excluding carboxylic acids is 1. The van der Waals surface area contributed by atoms with Crippen LogP contribution in [-0.2, 0) is 9.22 Å². The highest BCUT2D eigenvalue weighted by Crippen LogP contribution is 2.53. The highest BCUT2D eigenvalue weighted by molar-refractivity contribution is 6.74. The smallest absolute Gasteiger partial charge is 0.191 e. The Kier molecular flexibility index (Phi) is 3.77. The molecule has 110 valence electrons. The lowest BCUT2D eigenvalue weighted by molar-refractivity contribution is -0.128. The molecular weight excluding hydrogens is 252 g/mol. The normalized spacial score (nSPS) is 39.1. The number of Topliss-reactive ketones (excluding diaryl/α,β-unsaturated/α-hetero) is 1. The Morgan fingerprint density at radius 3 is 2.32 bits per heavy atom. The molecule has 2 aliphatic carbocycles. The van der Waals surface area contributed by atoms with E-state index in [1.54, 1.807) is 0 Å². The first-order valence-corrected chi connectivity index (χ1v) is 10.6. The van der Waals surface area contributed by atoms with Crippen LogP contribution in [-0.4, -0.2) is 20.7 Å². The summed E-state index contributed by atoms with van der Waals surface area (Å²) in [4.78, 5) is 12.2. The minimum absolute atomic E-state index is 0.255. The largest absolute Gasteiger partial charge is 0.417 e. The van der Waals surface area contributed by atoms with E-state index in [9.17, 15) is 4.79 Å². The van der Waals surface area contributed by atoms with E-state index < -0.39 is 8.32 Å². The molecule has 2 fully saturated rings. The number of fused-ring (bicyclic) bond motifs is 2. The van der Waals surface area contributed by atoms with E-state index in [0.717, 1.165) is 13.0 Å². The van der Waals surface area contributed by atoms with Gasteiger partial charge in [-0.15, -0.1) is 0 Å². The molecule has 3 heteroatoms. The fourth-order valence-electron chi connectivity index (χ4n) is 3.69. The molecule has 0 unspecified atom stereocenters. The first-order chi connectivity index (χ1) is 8.56. The standard InChI is InChI=1S/C16H30O2Si/c1-10-12-8-13(15(17)11(12)2)14(10)9-18-19(6,7)16(3,4)5/h10-14H,8-9H2,1-7H3/t10-,11+,12+,13-,14-/m0/s1. The van der Waals surface area contributed by atoms with Gasteiger partial charge in [0.2, 0.25) is 0 Å². The van der Waals surface area contributed by atoms with Crippen molar-refractivity contribution in [3.05, 3.63) is 0 Å². The molecule has 0 aromatic heterocycles. The van der Waals surface area contributed by atoms with Crippen molar-refractivity contribution in [2.75, 3.05) is 6.61 Å². The van der Waals surface area contributed by atoms with Crippen LogP contribution >= 0.6 is 0 Å². The van der Waals surface area contributed by atoms with Crippen molar-refractivity contribution < 1.29 is 9.22 Å². The van der Waals surface area contributed by atoms with Gasteiger partial charge < -0.3 is 4.43 Å². The summed E-state index contributed by atoms with van der Waals surface area (Å²) < 4.78 is 6.37. The minimum atomic E-state index is -1.68. The maximum Gasteiger partial charge on any atom is 0.191 e. The first-order valence-electron chi connectivity index (χ1n) is 7.74. The van der Waals surface area contributed by atoms with Gasteiger partial charge in [-0.05, 0) is 42.3 Å². The molecule has 0 heterocycles. The van der Waals surface area contributed by atoms with Crippen molar-refractivity contribution in [3.8, 4) is 0 Å². The van der Waals surface area contributed by atoms with Gasteiger partial charge in [-0.2, -0.15) is 0 Å². The van der Waals surface area contributed by atoms with Crippen molar-refractivity contribution in [2.24, 2.45) is 29.6 Å². The van der Waals surface area contributed by atoms with Gasteiger partial charge in [0, 0.05) is 18.4 Å². The van der Waals surface area contributed by atoms with Crippen LogP contribution in [0.1, 0.15) is 41.0 Å². The van der Waals surface area contributed by atoms with Crippen LogP contribution in [0.25, 0.3) is 0 Å².